The molecule has 10 rings (SSSR count). The predicted octanol–water partition coefficient (Wildman–Crippen LogP) is 12.0. The molecule has 5 heteroatoms. The van der Waals surface area contributed by atoms with Gasteiger partial charge in [0.2, 0.25) is 0 Å². The Balaban J connectivity index is 1.08. The van der Waals surface area contributed by atoms with Gasteiger partial charge in [-0.05, 0) is 53.1 Å². The molecule has 0 saturated heterocycles. The Kier molecular flexibility index (Phi) is 6.42. The zero-order chi connectivity index (χ0) is 33.0. The largest absolute Gasteiger partial charge is 0.456 e. The number of fused-ring (bicyclic) bond motifs is 6. The van der Waals surface area contributed by atoms with E-state index in [2.05, 4.69) is 78.9 Å². The van der Waals surface area contributed by atoms with E-state index in [1.54, 1.807) is 0 Å². The number of hydrogen-bond acceptors (Lipinski definition) is 5. The first-order valence-corrected chi connectivity index (χ1v) is 16.6. The summed E-state index contributed by atoms with van der Waals surface area (Å²) in [6.45, 7) is 0. The highest BCUT2D eigenvalue weighted by Crippen LogP contribution is 2.39. The number of hydrogen-bond donors (Lipinski definition) is 0. The van der Waals surface area contributed by atoms with Crippen LogP contribution in [0.3, 0.4) is 0 Å². The summed E-state index contributed by atoms with van der Waals surface area (Å²) >= 11 is 0. The standard InChI is InChI=1S/C45H27N3O2/c1-3-11-28(12-4-1)43-46-44(29-13-5-2-6-14-29)48-45(47-43)33-16-9-15-32(25-33)34-18-10-19-36-38-27-31(22-24-41(38)50-42(34)36)30-21-23-40-37(26-30)35-17-7-8-20-39(35)49-40/h1-27H. The summed E-state index contributed by atoms with van der Waals surface area (Å²) in [4.78, 5) is 14.8. The van der Waals surface area contributed by atoms with Crippen LogP contribution in [0.15, 0.2) is 173 Å². The molecule has 0 spiro atoms. The molecule has 234 valence electrons. The van der Waals surface area contributed by atoms with Gasteiger partial charge in [0, 0.05) is 43.8 Å². The summed E-state index contributed by atoms with van der Waals surface area (Å²) < 4.78 is 12.7. The van der Waals surface area contributed by atoms with Crippen molar-refractivity contribution in [1.82, 2.24) is 15.0 Å². The minimum atomic E-state index is 0.614. The average molecular weight is 642 g/mol. The van der Waals surface area contributed by atoms with E-state index >= 15 is 0 Å². The minimum absolute atomic E-state index is 0.614. The Hall–Kier alpha value is -6.85. The maximum Gasteiger partial charge on any atom is 0.164 e. The van der Waals surface area contributed by atoms with Crippen LogP contribution in [0.25, 0.3) is 100 Å². The minimum Gasteiger partial charge on any atom is -0.456 e. The smallest absolute Gasteiger partial charge is 0.164 e. The van der Waals surface area contributed by atoms with Crippen molar-refractivity contribution >= 4 is 43.9 Å². The highest BCUT2D eigenvalue weighted by Gasteiger charge is 2.17. The molecule has 3 heterocycles. The molecule has 0 aliphatic carbocycles. The van der Waals surface area contributed by atoms with Crippen molar-refractivity contribution in [2.24, 2.45) is 0 Å². The topological polar surface area (TPSA) is 65.0 Å². The zero-order valence-corrected chi connectivity index (χ0v) is 26.7. The Labute approximate surface area is 287 Å². The van der Waals surface area contributed by atoms with E-state index in [0.717, 1.165) is 82.8 Å². The van der Waals surface area contributed by atoms with E-state index in [9.17, 15) is 0 Å². The molecule has 50 heavy (non-hydrogen) atoms. The molecule has 0 aliphatic heterocycles. The molecule has 0 radical (unpaired) electrons. The van der Waals surface area contributed by atoms with Gasteiger partial charge >= 0.3 is 0 Å². The highest BCUT2D eigenvalue weighted by atomic mass is 16.3. The molecule has 0 unspecified atom stereocenters. The molecule has 0 fully saturated rings. The van der Waals surface area contributed by atoms with E-state index in [-0.39, 0.29) is 0 Å². The van der Waals surface area contributed by atoms with Gasteiger partial charge in [-0.2, -0.15) is 0 Å². The SMILES string of the molecule is c1ccc(-c2nc(-c3ccccc3)nc(-c3cccc(-c4cccc5c4oc4ccc(-c6ccc7oc8ccccc8c7c6)cc45)c3)n2)cc1. The number of nitrogens with zero attached hydrogens (tertiary/aromatic N) is 3. The van der Waals surface area contributed by atoms with Crippen LogP contribution in [-0.4, -0.2) is 15.0 Å². The van der Waals surface area contributed by atoms with Gasteiger partial charge in [-0.25, -0.2) is 15.0 Å². The molecule has 0 N–H and O–H groups in total. The van der Waals surface area contributed by atoms with Gasteiger partial charge in [0.25, 0.3) is 0 Å². The van der Waals surface area contributed by atoms with Crippen LogP contribution in [-0.2, 0) is 0 Å². The number of aromatic nitrogens is 3. The van der Waals surface area contributed by atoms with Crippen molar-refractivity contribution in [3.05, 3.63) is 164 Å². The number of para-hydroxylation sites is 2. The molecule has 0 bridgehead atoms. The molecule has 5 nitrogen and oxygen atoms in total. The lowest BCUT2D eigenvalue weighted by Gasteiger charge is -2.10. The van der Waals surface area contributed by atoms with Gasteiger partial charge in [0.1, 0.15) is 22.3 Å². The van der Waals surface area contributed by atoms with Crippen LogP contribution < -0.4 is 0 Å². The third kappa shape index (κ3) is 4.75. The second-order valence-corrected chi connectivity index (χ2v) is 12.4. The molecular formula is C45H27N3O2. The van der Waals surface area contributed by atoms with Gasteiger partial charge in [-0.1, -0.05) is 127 Å². The number of furan rings is 2. The van der Waals surface area contributed by atoms with Crippen molar-refractivity contribution in [3.63, 3.8) is 0 Å². The first kappa shape index (κ1) is 28.2. The molecule has 0 aliphatic rings. The second kappa shape index (κ2) is 11.4. The van der Waals surface area contributed by atoms with Gasteiger partial charge in [-0.3, -0.25) is 0 Å². The lowest BCUT2D eigenvalue weighted by atomic mass is 9.98. The Morgan fingerprint density at radius 3 is 1.50 bits per heavy atom. The fourth-order valence-corrected chi connectivity index (χ4v) is 6.87. The van der Waals surface area contributed by atoms with Crippen LogP contribution in [0.5, 0.6) is 0 Å². The zero-order valence-electron chi connectivity index (χ0n) is 26.7. The van der Waals surface area contributed by atoms with Crippen molar-refractivity contribution in [2.75, 3.05) is 0 Å². The molecule has 0 atom stereocenters. The summed E-state index contributed by atoms with van der Waals surface area (Å²) in [5.74, 6) is 1.88. The maximum absolute atomic E-state index is 6.59. The highest BCUT2D eigenvalue weighted by molar-refractivity contribution is 6.11. The van der Waals surface area contributed by atoms with E-state index < -0.39 is 0 Å². The van der Waals surface area contributed by atoms with Crippen LogP contribution in [0.4, 0.5) is 0 Å². The van der Waals surface area contributed by atoms with Crippen LogP contribution >= 0.6 is 0 Å². The summed E-state index contributed by atoms with van der Waals surface area (Å²) in [5.41, 5.74) is 10.5. The Bertz CT molecular complexity index is 2810. The van der Waals surface area contributed by atoms with Crippen LogP contribution in [0.1, 0.15) is 0 Å². The fraction of sp³-hybridized carbons (Fsp3) is 0. The first-order valence-electron chi connectivity index (χ1n) is 16.6. The average Bonchev–Trinajstić information content (AvgIpc) is 3.76. The third-order valence-electron chi connectivity index (χ3n) is 9.34. The predicted molar refractivity (Wildman–Crippen MR) is 202 cm³/mol. The van der Waals surface area contributed by atoms with Crippen molar-refractivity contribution in [2.45, 2.75) is 0 Å². The van der Waals surface area contributed by atoms with Crippen molar-refractivity contribution in [3.8, 4) is 56.4 Å². The second-order valence-electron chi connectivity index (χ2n) is 12.4. The first-order chi connectivity index (χ1) is 24.7. The van der Waals surface area contributed by atoms with E-state index in [1.165, 1.54) is 0 Å². The lowest BCUT2D eigenvalue weighted by molar-refractivity contribution is 0.669. The van der Waals surface area contributed by atoms with Gasteiger partial charge < -0.3 is 8.83 Å². The maximum atomic E-state index is 6.59. The third-order valence-corrected chi connectivity index (χ3v) is 9.34. The summed E-state index contributed by atoms with van der Waals surface area (Å²) in [5, 5.41) is 4.38. The van der Waals surface area contributed by atoms with Crippen molar-refractivity contribution in [1.29, 1.82) is 0 Å². The molecule has 0 amide bonds. The summed E-state index contributed by atoms with van der Waals surface area (Å²) in [6.07, 6.45) is 0. The van der Waals surface area contributed by atoms with Gasteiger partial charge in [0.05, 0.1) is 0 Å². The quantitative estimate of drug-likeness (QED) is 0.187. The Morgan fingerprint density at radius 1 is 0.300 bits per heavy atom. The normalized spacial score (nSPS) is 11.6. The van der Waals surface area contributed by atoms with E-state index in [0.29, 0.717) is 17.5 Å². The van der Waals surface area contributed by atoms with Gasteiger partial charge in [-0.15, -0.1) is 0 Å². The summed E-state index contributed by atoms with van der Waals surface area (Å²) in [7, 11) is 0. The van der Waals surface area contributed by atoms with Crippen molar-refractivity contribution < 1.29 is 8.83 Å². The molecule has 3 aromatic heterocycles. The molecule has 10 aromatic rings. The van der Waals surface area contributed by atoms with Gasteiger partial charge in [0.15, 0.2) is 17.5 Å². The molecule has 7 aromatic carbocycles. The lowest BCUT2D eigenvalue weighted by Crippen LogP contribution is -2.00. The van der Waals surface area contributed by atoms with Crippen LogP contribution in [0, 0.1) is 0 Å². The fourth-order valence-electron chi connectivity index (χ4n) is 6.87. The number of rotatable bonds is 5. The number of benzene rings is 7. The molecule has 0 saturated carbocycles. The molecular weight excluding hydrogens is 615 g/mol. The van der Waals surface area contributed by atoms with E-state index in [1.807, 2.05) is 84.9 Å². The monoisotopic (exact) mass is 641 g/mol. The van der Waals surface area contributed by atoms with Crippen LogP contribution in [0.2, 0.25) is 0 Å². The Morgan fingerprint density at radius 2 is 0.800 bits per heavy atom. The summed E-state index contributed by atoms with van der Waals surface area (Å²) in [6, 6.07) is 55.8. The van der Waals surface area contributed by atoms with E-state index in [4.69, 9.17) is 23.8 Å².